The van der Waals surface area contributed by atoms with E-state index in [9.17, 15) is 14.2 Å². The summed E-state index contributed by atoms with van der Waals surface area (Å²) < 4.78 is 27.3. The topological polar surface area (TPSA) is 78.9 Å². The molecule has 6 nitrogen and oxygen atoms in total. The Morgan fingerprint density at radius 1 is 1.15 bits per heavy atom. The van der Waals surface area contributed by atoms with Crippen molar-refractivity contribution in [1.82, 2.24) is 0 Å². The molecule has 0 spiro atoms. The molecule has 0 aromatic carbocycles. The zero-order valence-electron chi connectivity index (χ0n) is 12.5. The highest BCUT2D eigenvalue weighted by atomic mass is 31.2. The summed E-state index contributed by atoms with van der Waals surface area (Å²) in [4.78, 5) is 23.6. The van der Waals surface area contributed by atoms with E-state index in [-0.39, 0.29) is 18.5 Å². The molecule has 0 rings (SSSR count). The van der Waals surface area contributed by atoms with Crippen LogP contribution in [-0.4, -0.2) is 32.1 Å². The molecule has 20 heavy (non-hydrogen) atoms. The van der Waals surface area contributed by atoms with Crippen molar-refractivity contribution in [3.05, 3.63) is 23.0 Å². The van der Waals surface area contributed by atoms with E-state index in [1.165, 1.54) is 0 Å². The molecule has 0 bridgehead atoms. The predicted octanol–water partition coefficient (Wildman–Crippen LogP) is 2.84. The fourth-order valence-corrected chi connectivity index (χ4v) is 3.01. The van der Waals surface area contributed by atoms with Crippen molar-refractivity contribution in [2.45, 2.75) is 27.7 Å². The third-order valence-electron chi connectivity index (χ3n) is 2.37. The lowest BCUT2D eigenvalue weighted by molar-refractivity contribution is -0.135. The van der Waals surface area contributed by atoms with Gasteiger partial charge in [0.15, 0.2) is 5.78 Å². The van der Waals surface area contributed by atoms with Crippen molar-refractivity contribution in [2.75, 3.05) is 20.3 Å². The fraction of sp³-hybridized carbons (Fsp3) is 0.538. The van der Waals surface area contributed by atoms with Crippen LogP contribution in [0.25, 0.3) is 0 Å². The van der Waals surface area contributed by atoms with Crippen LogP contribution in [0, 0.1) is 0 Å². The number of Topliss-reactive ketones (excluding diaryl/α,β-unsaturated/α-hetero) is 1. The summed E-state index contributed by atoms with van der Waals surface area (Å²) in [5, 5.41) is -0.316. The highest BCUT2D eigenvalue weighted by Crippen LogP contribution is 2.56. The summed E-state index contributed by atoms with van der Waals surface area (Å²) >= 11 is 0. The largest absolute Gasteiger partial charge is 0.466 e. The molecule has 0 heterocycles. The number of rotatable bonds is 8. The van der Waals surface area contributed by atoms with Crippen LogP contribution in [0.2, 0.25) is 0 Å². The van der Waals surface area contributed by atoms with Crippen LogP contribution in [0.3, 0.4) is 0 Å². The van der Waals surface area contributed by atoms with Crippen LogP contribution in [0.4, 0.5) is 0 Å². The maximum Gasteiger partial charge on any atom is 0.365 e. The van der Waals surface area contributed by atoms with Gasteiger partial charge >= 0.3 is 13.6 Å². The zero-order valence-corrected chi connectivity index (χ0v) is 13.4. The van der Waals surface area contributed by atoms with E-state index in [0.29, 0.717) is 5.57 Å². The van der Waals surface area contributed by atoms with E-state index in [1.54, 1.807) is 33.8 Å². The minimum atomic E-state index is -3.85. The van der Waals surface area contributed by atoms with E-state index in [4.69, 9.17) is 9.05 Å². The average Bonchev–Trinajstić information content (AvgIpc) is 2.43. The molecule has 0 saturated heterocycles. The van der Waals surface area contributed by atoms with E-state index in [2.05, 4.69) is 4.74 Å². The molecule has 0 aliphatic heterocycles. The Morgan fingerprint density at radius 3 is 2.00 bits per heavy atom. The molecular formula is C13H21O6P. The maximum atomic E-state index is 12.7. The van der Waals surface area contributed by atoms with Crippen LogP contribution in [-0.2, 0) is 27.9 Å². The number of methoxy groups -OCH3 is 1. The molecule has 7 heteroatoms. The average molecular weight is 304 g/mol. The lowest BCUT2D eigenvalue weighted by Crippen LogP contribution is -2.12. The van der Waals surface area contributed by atoms with Crippen molar-refractivity contribution >= 4 is 19.3 Å². The van der Waals surface area contributed by atoms with E-state index in [0.717, 1.165) is 13.2 Å². The Hall–Kier alpha value is -1.23. The van der Waals surface area contributed by atoms with Gasteiger partial charge in [-0.15, -0.1) is 0 Å². The second-order valence-corrected chi connectivity index (χ2v) is 5.68. The van der Waals surface area contributed by atoms with Gasteiger partial charge in [0.1, 0.15) is 5.31 Å². The molecule has 0 amide bonds. The first-order valence-corrected chi connectivity index (χ1v) is 7.77. The van der Waals surface area contributed by atoms with E-state index >= 15 is 0 Å². The van der Waals surface area contributed by atoms with Crippen molar-refractivity contribution in [3.63, 3.8) is 0 Å². The second-order valence-electron chi connectivity index (χ2n) is 3.69. The van der Waals surface area contributed by atoms with Crippen molar-refractivity contribution < 1.29 is 27.9 Å². The van der Waals surface area contributed by atoms with Gasteiger partial charge in [-0.3, -0.25) is 9.36 Å². The molecule has 0 aliphatic carbocycles. The van der Waals surface area contributed by atoms with Gasteiger partial charge in [0, 0.05) is 6.08 Å². The van der Waals surface area contributed by atoms with Crippen molar-refractivity contribution in [2.24, 2.45) is 0 Å². The molecule has 0 aromatic rings. The number of esters is 1. The SMILES string of the molecule is C/C=C(\C)C(=O)/C(=C\C(=O)OC)P(=O)(OCC)OCC. The van der Waals surface area contributed by atoms with Gasteiger partial charge in [0.25, 0.3) is 0 Å². The number of hydrogen-bond donors (Lipinski definition) is 0. The molecule has 0 aliphatic rings. The Kier molecular flexibility index (Phi) is 8.30. The smallest absolute Gasteiger partial charge is 0.365 e. The lowest BCUT2D eigenvalue weighted by atomic mass is 10.2. The van der Waals surface area contributed by atoms with Crippen LogP contribution in [0.1, 0.15) is 27.7 Å². The van der Waals surface area contributed by atoms with Gasteiger partial charge in [-0.1, -0.05) is 6.08 Å². The molecule has 0 saturated carbocycles. The van der Waals surface area contributed by atoms with Gasteiger partial charge < -0.3 is 13.8 Å². The first-order valence-electron chi connectivity index (χ1n) is 6.23. The molecule has 0 radical (unpaired) electrons. The fourth-order valence-electron chi connectivity index (χ4n) is 1.29. The number of allylic oxidation sites excluding steroid dienone is 3. The van der Waals surface area contributed by atoms with Crippen LogP contribution in [0.15, 0.2) is 23.0 Å². The Labute approximate surface area is 119 Å². The molecular weight excluding hydrogens is 283 g/mol. The van der Waals surface area contributed by atoms with Gasteiger partial charge in [-0.25, -0.2) is 4.79 Å². The van der Waals surface area contributed by atoms with Gasteiger partial charge in [0.2, 0.25) is 0 Å². The third-order valence-corrected chi connectivity index (χ3v) is 4.49. The van der Waals surface area contributed by atoms with E-state index in [1.807, 2.05) is 0 Å². The number of hydrogen-bond acceptors (Lipinski definition) is 6. The highest BCUT2D eigenvalue weighted by Gasteiger charge is 2.36. The summed E-state index contributed by atoms with van der Waals surface area (Å²) in [5.41, 5.74) is 0.333. The van der Waals surface area contributed by atoms with Gasteiger partial charge in [-0.2, -0.15) is 0 Å². The molecule has 0 unspecified atom stereocenters. The normalized spacial score (nSPS) is 13.2. The molecule has 0 fully saturated rings. The number of ether oxygens (including phenoxy) is 1. The van der Waals surface area contributed by atoms with Gasteiger partial charge in [-0.05, 0) is 33.3 Å². The first kappa shape index (κ1) is 18.8. The summed E-state index contributed by atoms with van der Waals surface area (Å²) in [6.07, 6.45) is 2.41. The third kappa shape index (κ3) is 5.04. The summed E-state index contributed by atoms with van der Waals surface area (Å²) in [7, 11) is -2.69. The summed E-state index contributed by atoms with van der Waals surface area (Å²) in [5.74, 6) is -1.36. The number of carbonyl (C=O) groups is 2. The van der Waals surface area contributed by atoms with Crippen molar-refractivity contribution in [3.8, 4) is 0 Å². The second kappa shape index (κ2) is 8.84. The summed E-state index contributed by atoms with van der Waals surface area (Å²) in [6.45, 7) is 6.61. The van der Waals surface area contributed by atoms with Crippen molar-refractivity contribution in [1.29, 1.82) is 0 Å². The quantitative estimate of drug-likeness (QED) is 0.390. The molecule has 0 atom stereocenters. The molecule has 114 valence electrons. The van der Waals surface area contributed by atoms with Crippen LogP contribution >= 0.6 is 7.60 Å². The predicted molar refractivity (Wildman–Crippen MR) is 75.4 cm³/mol. The standard InChI is InChI=1S/C13H21O6P/c1-6-10(4)13(15)11(9-12(14)17-5)20(16,18-7-2)19-8-3/h6,9H,7-8H2,1-5H3/b10-6+,11-9+. The lowest BCUT2D eigenvalue weighted by Gasteiger charge is -2.19. The first-order chi connectivity index (χ1) is 9.36. The Morgan fingerprint density at radius 2 is 1.65 bits per heavy atom. The maximum absolute atomic E-state index is 12.7. The minimum absolute atomic E-state index is 0.0813. The Bertz CT molecular complexity index is 453. The molecule has 0 N–H and O–H groups in total. The number of carbonyl (C=O) groups excluding carboxylic acids is 2. The minimum Gasteiger partial charge on any atom is -0.466 e. The van der Waals surface area contributed by atoms with Crippen LogP contribution < -0.4 is 0 Å². The zero-order chi connectivity index (χ0) is 15.8. The summed E-state index contributed by atoms with van der Waals surface area (Å²) in [6, 6.07) is 0. The molecule has 0 aromatic heterocycles. The number of ketones is 1. The monoisotopic (exact) mass is 304 g/mol. The Balaban J connectivity index is 5.85. The van der Waals surface area contributed by atoms with E-state index < -0.39 is 19.3 Å². The van der Waals surface area contributed by atoms with Gasteiger partial charge in [0.05, 0.1) is 20.3 Å². The van der Waals surface area contributed by atoms with Crippen LogP contribution in [0.5, 0.6) is 0 Å². The highest BCUT2D eigenvalue weighted by molar-refractivity contribution is 7.60.